The van der Waals surface area contributed by atoms with Gasteiger partial charge in [0.25, 0.3) is 0 Å². The maximum absolute atomic E-state index is 14.4. The van der Waals surface area contributed by atoms with E-state index in [0.29, 0.717) is 65.6 Å². The number of hydrogen-bond donors (Lipinski definition) is 7. The molecule has 2 aromatic heterocycles. The lowest BCUT2D eigenvalue weighted by Crippen LogP contribution is -2.56. The number of anilines is 1. The van der Waals surface area contributed by atoms with Crippen LogP contribution in [0.1, 0.15) is 132 Å². The molecule has 1 spiro atoms. The molecule has 4 aliphatic heterocycles. The number of rotatable bonds is 23. The quantitative estimate of drug-likeness (QED) is 0.0290. The smallest absolute Gasteiger partial charge is 0.243 e. The Labute approximate surface area is 466 Å². The molecular weight excluding hydrogens is 1000 g/mol. The fourth-order valence-corrected chi connectivity index (χ4v) is 14.0. The molecule has 9 rings (SSSR count). The molecule has 0 bridgehead atoms. The number of allylic oxidation sites excluding steroid dienone is 1. The number of nitrogens with two attached hydrogens (primary N) is 3. The van der Waals surface area contributed by atoms with E-state index in [9.17, 15) is 19.8 Å². The number of likely N-dealkylation sites (tertiary alicyclic amines) is 2. The Balaban J connectivity index is 0.705. The van der Waals surface area contributed by atoms with E-state index in [0.717, 1.165) is 131 Å². The van der Waals surface area contributed by atoms with Crippen molar-refractivity contribution in [3.05, 3.63) is 100 Å². The molecule has 1 saturated carbocycles. The van der Waals surface area contributed by atoms with Crippen LogP contribution in [0.15, 0.2) is 82.2 Å². The number of nitrogens with one attached hydrogen (secondary N) is 2. The highest BCUT2D eigenvalue weighted by atomic mass is 32.1. The van der Waals surface area contributed by atoms with Crippen LogP contribution in [-0.4, -0.2) is 148 Å². The maximum Gasteiger partial charge on any atom is 0.243 e. The number of phenolic OH excluding ortho intramolecular Hbond substituents is 1. The minimum atomic E-state index is -0.531. The lowest BCUT2D eigenvalue weighted by Gasteiger charge is -2.55. The number of thiazole rings is 1. The molecule has 2 aromatic carbocycles. The first-order chi connectivity index (χ1) is 37.7. The van der Waals surface area contributed by atoms with Crippen molar-refractivity contribution < 1.29 is 24.3 Å². The predicted molar refractivity (Wildman–Crippen MR) is 310 cm³/mol. The minimum Gasteiger partial charge on any atom is -0.507 e. The second-order valence-corrected chi connectivity index (χ2v) is 24.4. The van der Waals surface area contributed by atoms with Gasteiger partial charge in [0.15, 0.2) is 11.6 Å². The molecule has 424 valence electrons. The van der Waals surface area contributed by atoms with Crippen LogP contribution in [0.4, 0.5) is 5.82 Å². The number of unbranched alkanes of at least 4 members (excludes halogenated alkanes) is 1. The second-order valence-electron chi connectivity index (χ2n) is 23.6. The van der Waals surface area contributed by atoms with Crippen molar-refractivity contribution in [3.63, 3.8) is 0 Å². The largest absolute Gasteiger partial charge is 0.507 e. The lowest BCUT2D eigenvalue weighted by molar-refractivity contribution is -0.141. The Morgan fingerprint density at radius 2 is 1.69 bits per heavy atom. The molecule has 4 aromatic rings. The molecule has 10 N–H and O–H groups in total. The predicted octanol–water partition coefficient (Wildman–Crippen LogP) is 7.10. The van der Waals surface area contributed by atoms with E-state index in [2.05, 4.69) is 64.6 Å². The number of carbonyl (C=O) groups is 2. The van der Waals surface area contributed by atoms with Crippen LogP contribution < -0.4 is 32.7 Å². The summed E-state index contributed by atoms with van der Waals surface area (Å²) in [6.07, 6.45) is 14.4. The van der Waals surface area contributed by atoms with Crippen molar-refractivity contribution in [2.45, 2.75) is 135 Å². The Kier molecular flexibility index (Phi) is 19.1. The van der Waals surface area contributed by atoms with Crippen LogP contribution in [-0.2, 0) is 9.59 Å². The number of amides is 2. The van der Waals surface area contributed by atoms with Gasteiger partial charge in [-0.2, -0.15) is 0 Å². The first kappa shape index (κ1) is 57.0. The van der Waals surface area contributed by atoms with Crippen molar-refractivity contribution in [2.75, 3.05) is 83.5 Å². The third kappa shape index (κ3) is 13.7. The minimum absolute atomic E-state index is 0.0400. The number of carbonyl (C=O) groups excluding carboxylic acids is 2. The Bertz CT molecular complexity index is 2650. The van der Waals surface area contributed by atoms with Gasteiger partial charge in [-0.3, -0.25) is 14.5 Å². The van der Waals surface area contributed by atoms with Gasteiger partial charge in [0.05, 0.1) is 34.4 Å². The van der Waals surface area contributed by atoms with Gasteiger partial charge < -0.3 is 62.2 Å². The molecule has 17 nitrogen and oxygen atoms in total. The van der Waals surface area contributed by atoms with Gasteiger partial charge in [0.2, 0.25) is 11.8 Å². The zero-order valence-electron chi connectivity index (χ0n) is 46.8. The summed E-state index contributed by atoms with van der Waals surface area (Å²) in [5.41, 5.74) is 26.2. The van der Waals surface area contributed by atoms with Crippen molar-refractivity contribution in [1.82, 2.24) is 40.4 Å². The standard InChI is InChI=1S/C60H88N12O5S/c1-40(2)55(59(76)72-26-10-13-50(72)58(75)66-41(3)44-15-17-45(18-16-44)56-42(4)65-39-78-56)53-34-54(67-77-53)70-27-19-43(20-28-70)37-68-29-21-60(22-30-68)35-47(36-60)69(31-32-73)24-7-8-25-71(38-46-11-9-23-64-46)51(57(62)63)33-49(61)48-12-5-6-14-52(48)74/h5-6,12,14-18,33-34,39-41,43,46-47,50,55,64,73-74H,7-11,13,19-32,35-38,61-63H2,1-4H3,(H,66,75)/b49-33-. The molecule has 2 amide bonds. The number of aliphatic hydroxyl groups is 1. The van der Waals surface area contributed by atoms with Crippen LogP contribution >= 0.6 is 11.3 Å². The van der Waals surface area contributed by atoms with Crippen LogP contribution in [0.25, 0.3) is 16.1 Å². The summed E-state index contributed by atoms with van der Waals surface area (Å²) in [5.74, 6) is 1.54. The summed E-state index contributed by atoms with van der Waals surface area (Å²) >= 11 is 1.62. The molecular formula is C60H88N12O5S. The highest BCUT2D eigenvalue weighted by Crippen LogP contribution is 2.51. The fraction of sp³-hybridized carbons (Fsp3) is 0.600. The number of para-hydroxylation sites is 1. The number of nitrogens with zero attached hydrogens (tertiary/aromatic N) is 7. The van der Waals surface area contributed by atoms with Crippen LogP contribution in [0.5, 0.6) is 5.75 Å². The third-order valence-corrected chi connectivity index (χ3v) is 18.8. The van der Waals surface area contributed by atoms with Crippen molar-refractivity contribution >= 4 is 34.7 Å². The average molecular weight is 1090 g/mol. The van der Waals surface area contributed by atoms with Gasteiger partial charge in [-0.1, -0.05) is 55.4 Å². The van der Waals surface area contributed by atoms with Crippen molar-refractivity contribution in [3.8, 4) is 16.2 Å². The van der Waals surface area contributed by atoms with Gasteiger partial charge in [-0.15, -0.1) is 11.3 Å². The first-order valence-electron chi connectivity index (χ1n) is 29.1. The molecule has 18 heteroatoms. The topological polar surface area (TPSA) is 232 Å². The molecule has 6 heterocycles. The molecule has 5 aliphatic rings. The number of aryl methyl sites for hydroxylation is 1. The van der Waals surface area contributed by atoms with E-state index >= 15 is 0 Å². The van der Waals surface area contributed by atoms with Crippen LogP contribution in [0.3, 0.4) is 0 Å². The number of hydrogen-bond acceptors (Lipinski definition) is 16. The van der Waals surface area contributed by atoms with Crippen molar-refractivity contribution in [1.29, 1.82) is 0 Å². The molecule has 5 fully saturated rings. The van der Waals surface area contributed by atoms with E-state index in [-0.39, 0.29) is 42.0 Å². The zero-order valence-corrected chi connectivity index (χ0v) is 47.6. The highest BCUT2D eigenvalue weighted by molar-refractivity contribution is 7.13. The molecule has 78 heavy (non-hydrogen) atoms. The summed E-state index contributed by atoms with van der Waals surface area (Å²) in [7, 11) is 0. The summed E-state index contributed by atoms with van der Waals surface area (Å²) in [4.78, 5) is 45.3. The molecule has 1 aliphatic carbocycles. The normalized spacial score (nSPS) is 21.1. The first-order valence-corrected chi connectivity index (χ1v) is 30.0. The van der Waals surface area contributed by atoms with Gasteiger partial charge in [0, 0.05) is 75.2 Å². The molecule has 4 saturated heterocycles. The number of piperidine rings is 2. The maximum atomic E-state index is 14.4. The molecule has 4 unspecified atom stereocenters. The highest BCUT2D eigenvalue weighted by Gasteiger charge is 2.48. The Morgan fingerprint density at radius 3 is 2.36 bits per heavy atom. The van der Waals surface area contributed by atoms with E-state index < -0.39 is 12.0 Å². The number of aromatic hydroxyl groups is 1. The Morgan fingerprint density at radius 1 is 0.949 bits per heavy atom. The van der Waals surface area contributed by atoms with Crippen molar-refractivity contribution in [2.24, 2.45) is 34.5 Å². The monoisotopic (exact) mass is 1090 g/mol. The number of aromatic nitrogens is 2. The summed E-state index contributed by atoms with van der Waals surface area (Å²) in [5, 5.41) is 32.0. The zero-order chi connectivity index (χ0) is 54.9. The van der Waals surface area contributed by atoms with Gasteiger partial charge in [-0.25, -0.2) is 4.98 Å². The summed E-state index contributed by atoms with van der Waals surface area (Å²) < 4.78 is 6.01. The van der Waals surface area contributed by atoms with E-state index in [4.69, 9.17) is 21.7 Å². The van der Waals surface area contributed by atoms with Gasteiger partial charge in [-0.05, 0) is 164 Å². The summed E-state index contributed by atoms with van der Waals surface area (Å²) in [6, 6.07) is 17.4. The van der Waals surface area contributed by atoms with Crippen LogP contribution in [0.2, 0.25) is 0 Å². The fourth-order valence-electron chi connectivity index (χ4n) is 13.2. The van der Waals surface area contributed by atoms with Gasteiger partial charge in [0.1, 0.15) is 23.5 Å². The SMILES string of the molecule is Cc1ncsc1-c1ccc(C(C)NC(=O)C2CCCN2C(=O)C(c2cc(N3CCC(CN4CCC5(CC4)CC(N(CCO)CCCCN(CC4CCCN4)C(/C=C(\N)c4ccccc4O)=C(N)N)C5)CC3)no2)C(C)C)cc1. The Hall–Kier alpha value is -5.66. The lowest BCUT2D eigenvalue weighted by atomic mass is 9.60. The number of aliphatic hydroxyl groups excluding tert-OH is 1. The second kappa shape index (κ2) is 26.1. The number of benzene rings is 2. The van der Waals surface area contributed by atoms with E-state index in [1.807, 2.05) is 45.3 Å². The average Bonchev–Trinajstić information content (AvgIpc) is 4.30. The summed E-state index contributed by atoms with van der Waals surface area (Å²) in [6.45, 7) is 18.2. The molecule has 0 radical (unpaired) electrons. The van der Waals surface area contributed by atoms with Gasteiger partial charge >= 0.3 is 0 Å². The third-order valence-electron chi connectivity index (χ3n) is 17.9. The number of phenols is 1. The van der Waals surface area contributed by atoms with E-state index in [1.165, 1.54) is 25.7 Å². The molecule has 4 atom stereocenters. The van der Waals surface area contributed by atoms with E-state index in [1.54, 1.807) is 40.5 Å². The van der Waals surface area contributed by atoms with Crippen LogP contribution in [0, 0.1) is 24.2 Å².